The highest BCUT2D eigenvalue weighted by molar-refractivity contribution is 6.33. The average Bonchev–Trinajstić information content (AvgIpc) is 3.43. The first-order valence-corrected chi connectivity index (χ1v) is 9.76. The third kappa shape index (κ3) is 4.83. The van der Waals surface area contributed by atoms with Crippen LogP contribution in [0.4, 0.5) is 43.7 Å². The molecule has 17 heteroatoms. The first-order chi connectivity index (χ1) is 16.4. The van der Waals surface area contributed by atoms with E-state index in [1.165, 1.54) is 17.4 Å². The van der Waals surface area contributed by atoms with Gasteiger partial charge in [-0.25, -0.2) is 20.1 Å². The Morgan fingerprint density at radius 1 is 1.11 bits per heavy atom. The lowest BCUT2D eigenvalue weighted by Crippen LogP contribution is -2.29. The molecule has 4 rings (SSSR count). The van der Waals surface area contributed by atoms with Gasteiger partial charge in [0.25, 0.3) is 5.91 Å². The first-order valence-electron chi connectivity index (χ1n) is 9.38. The molecule has 184 valence electrons. The molecule has 10 nitrogen and oxygen atoms in total. The number of nitrogens with zero attached hydrogens (tertiary/aromatic N) is 6. The van der Waals surface area contributed by atoms with Crippen molar-refractivity contribution >= 4 is 41.0 Å². The minimum Gasteiger partial charge on any atom is -0.384 e. The van der Waals surface area contributed by atoms with Crippen LogP contribution in [0, 0.1) is 0 Å². The Morgan fingerprint density at radius 2 is 1.86 bits per heavy atom. The van der Waals surface area contributed by atoms with Gasteiger partial charge in [0.15, 0.2) is 17.3 Å². The number of halogens is 7. The smallest absolute Gasteiger partial charge is 0.384 e. The van der Waals surface area contributed by atoms with E-state index in [1.807, 2.05) is 0 Å². The van der Waals surface area contributed by atoms with Crippen molar-refractivity contribution in [3.8, 4) is 5.82 Å². The zero-order valence-electron chi connectivity index (χ0n) is 17.0. The second-order valence-electron chi connectivity index (χ2n) is 6.88. The molecule has 0 bridgehead atoms. The van der Waals surface area contributed by atoms with Crippen LogP contribution < -0.4 is 21.6 Å². The SMILES string of the molecule is Nc1ccc(C(F)(F)F)c(-n2ncc(C(=O)Nc3cnc(N4N=CCN4)c(Cl)c3)c2C(F)(F)F)n1. The minimum absolute atomic E-state index is 0.000121. The summed E-state index contributed by atoms with van der Waals surface area (Å²) in [5.74, 6) is -2.89. The molecule has 0 spiro atoms. The molecule has 35 heavy (non-hydrogen) atoms. The molecule has 0 saturated carbocycles. The number of carbonyl (C=O) groups excluding carboxylic acids is 1. The van der Waals surface area contributed by atoms with Crippen LogP contribution >= 0.6 is 11.6 Å². The summed E-state index contributed by atoms with van der Waals surface area (Å²) >= 11 is 6.11. The third-order valence-electron chi connectivity index (χ3n) is 4.49. The van der Waals surface area contributed by atoms with Crippen LogP contribution in [-0.4, -0.2) is 38.4 Å². The molecule has 0 aliphatic carbocycles. The number of nitrogen functional groups attached to an aromatic ring is 1. The molecule has 0 unspecified atom stereocenters. The van der Waals surface area contributed by atoms with Crippen LogP contribution in [0.3, 0.4) is 0 Å². The van der Waals surface area contributed by atoms with Gasteiger partial charge in [-0.3, -0.25) is 4.79 Å². The van der Waals surface area contributed by atoms with Crippen molar-refractivity contribution in [3.63, 3.8) is 0 Å². The highest BCUT2D eigenvalue weighted by atomic mass is 35.5. The van der Waals surface area contributed by atoms with Crippen molar-refractivity contribution in [2.45, 2.75) is 12.4 Å². The fourth-order valence-electron chi connectivity index (χ4n) is 3.07. The van der Waals surface area contributed by atoms with Crippen molar-refractivity contribution in [3.05, 3.63) is 52.4 Å². The Morgan fingerprint density at radius 3 is 2.46 bits per heavy atom. The van der Waals surface area contributed by atoms with E-state index in [9.17, 15) is 31.1 Å². The second-order valence-corrected chi connectivity index (χ2v) is 7.28. The Kier molecular flexibility index (Phi) is 6.02. The molecule has 1 amide bonds. The molecule has 3 aromatic heterocycles. The predicted molar refractivity (Wildman–Crippen MR) is 112 cm³/mol. The van der Waals surface area contributed by atoms with E-state index >= 15 is 0 Å². The molecule has 1 aliphatic heterocycles. The molecule has 0 aromatic carbocycles. The Hall–Kier alpha value is -3.92. The Labute approximate surface area is 196 Å². The lowest BCUT2D eigenvalue weighted by atomic mass is 10.2. The summed E-state index contributed by atoms with van der Waals surface area (Å²) in [4.78, 5) is 20.0. The van der Waals surface area contributed by atoms with Crippen molar-refractivity contribution in [2.24, 2.45) is 5.10 Å². The summed E-state index contributed by atoms with van der Waals surface area (Å²) in [5, 5.41) is 10.7. The van der Waals surface area contributed by atoms with Gasteiger partial charge in [-0.15, -0.1) is 0 Å². The number of hydrogen-bond donors (Lipinski definition) is 3. The number of anilines is 3. The van der Waals surface area contributed by atoms with Crippen molar-refractivity contribution in [1.29, 1.82) is 0 Å². The van der Waals surface area contributed by atoms with Crippen molar-refractivity contribution < 1.29 is 31.1 Å². The summed E-state index contributed by atoms with van der Waals surface area (Å²) < 4.78 is 81.8. The molecule has 0 fully saturated rings. The zero-order valence-corrected chi connectivity index (χ0v) is 17.7. The molecule has 4 heterocycles. The molecular formula is C18H12ClF6N9O. The zero-order chi connectivity index (χ0) is 25.5. The number of hydrazine groups is 1. The van der Waals surface area contributed by atoms with Gasteiger partial charge in [0.05, 0.1) is 35.2 Å². The quantitative estimate of drug-likeness (QED) is 0.450. The average molecular weight is 520 g/mol. The number of nitrogens with two attached hydrogens (primary N) is 1. The monoisotopic (exact) mass is 519 g/mol. The van der Waals surface area contributed by atoms with Crippen LogP contribution in [0.25, 0.3) is 5.82 Å². The van der Waals surface area contributed by atoms with Gasteiger partial charge < -0.3 is 11.1 Å². The molecule has 1 aliphatic rings. The molecule has 0 atom stereocenters. The summed E-state index contributed by atoms with van der Waals surface area (Å²) in [5.41, 5.74) is 3.72. The number of rotatable bonds is 4. The standard InChI is InChI=1S/C18H12ClF6N9O/c19-11-5-8(6-27-15(11)34-28-3-4-29-34)31-16(35)9-7-30-33(13(9)18(23,24)25)14-10(17(20,21)22)1-2-12(26)32-14/h1-3,5-7,29H,4H2,(H2,26,32)(H,31,35). The molecule has 0 saturated heterocycles. The fourth-order valence-corrected chi connectivity index (χ4v) is 3.31. The third-order valence-corrected chi connectivity index (χ3v) is 4.77. The van der Waals surface area contributed by atoms with Crippen LogP contribution in [-0.2, 0) is 12.4 Å². The number of hydrogen-bond acceptors (Lipinski definition) is 8. The number of pyridine rings is 2. The summed E-state index contributed by atoms with van der Waals surface area (Å²) in [6.45, 7) is 0.415. The van der Waals surface area contributed by atoms with E-state index in [0.29, 0.717) is 18.8 Å². The van der Waals surface area contributed by atoms with Crippen LogP contribution in [0.2, 0.25) is 5.02 Å². The molecular weight excluding hydrogens is 508 g/mol. The summed E-state index contributed by atoms with van der Waals surface area (Å²) in [7, 11) is 0. The maximum Gasteiger partial charge on any atom is 0.434 e. The Bertz CT molecular complexity index is 1320. The van der Waals surface area contributed by atoms with Crippen molar-refractivity contribution in [2.75, 3.05) is 22.7 Å². The van der Waals surface area contributed by atoms with Crippen LogP contribution in [0.5, 0.6) is 0 Å². The highest BCUT2D eigenvalue weighted by Gasteiger charge is 2.43. The summed E-state index contributed by atoms with van der Waals surface area (Å²) in [6.07, 6.45) is -7.27. The number of amides is 1. The van der Waals surface area contributed by atoms with Gasteiger partial charge in [-0.2, -0.15) is 41.7 Å². The fraction of sp³-hybridized carbons (Fsp3) is 0.167. The van der Waals surface area contributed by atoms with Gasteiger partial charge >= 0.3 is 12.4 Å². The Balaban J connectivity index is 1.72. The van der Waals surface area contributed by atoms with Gasteiger partial charge in [-0.1, -0.05) is 11.6 Å². The number of hydrazone groups is 1. The van der Waals surface area contributed by atoms with Gasteiger partial charge in [0.2, 0.25) is 0 Å². The summed E-state index contributed by atoms with van der Waals surface area (Å²) in [6, 6.07) is 2.45. The predicted octanol–water partition coefficient (Wildman–Crippen LogP) is 3.50. The van der Waals surface area contributed by atoms with E-state index in [1.54, 1.807) is 0 Å². The lowest BCUT2D eigenvalue weighted by molar-refractivity contribution is -0.145. The normalized spacial score (nSPS) is 14.0. The van der Waals surface area contributed by atoms with Crippen LogP contribution in [0.1, 0.15) is 21.6 Å². The van der Waals surface area contributed by atoms with Gasteiger partial charge in [0.1, 0.15) is 11.4 Å². The number of aromatic nitrogens is 4. The second kappa shape index (κ2) is 8.70. The van der Waals surface area contributed by atoms with E-state index in [4.69, 9.17) is 17.3 Å². The number of alkyl halides is 6. The van der Waals surface area contributed by atoms with E-state index in [0.717, 1.165) is 12.3 Å². The maximum atomic E-state index is 13.9. The first kappa shape index (κ1) is 24.2. The van der Waals surface area contributed by atoms with Crippen molar-refractivity contribution in [1.82, 2.24) is 25.2 Å². The largest absolute Gasteiger partial charge is 0.434 e. The van der Waals surface area contributed by atoms with Gasteiger partial charge in [-0.05, 0) is 18.2 Å². The lowest BCUT2D eigenvalue weighted by Gasteiger charge is -2.17. The maximum absolute atomic E-state index is 13.9. The van der Waals surface area contributed by atoms with Crippen LogP contribution in [0.15, 0.2) is 35.7 Å². The van der Waals surface area contributed by atoms with E-state index in [-0.39, 0.29) is 21.2 Å². The van der Waals surface area contributed by atoms with E-state index < -0.39 is 46.7 Å². The topological polar surface area (TPSA) is 126 Å². The van der Waals surface area contributed by atoms with E-state index in [2.05, 4.69) is 30.9 Å². The number of nitrogens with one attached hydrogen (secondary N) is 2. The molecule has 4 N–H and O–H groups in total. The number of carbonyl (C=O) groups is 1. The molecule has 0 radical (unpaired) electrons. The molecule has 3 aromatic rings. The van der Waals surface area contributed by atoms with Gasteiger partial charge in [0, 0.05) is 6.21 Å². The minimum atomic E-state index is -5.29. The highest BCUT2D eigenvalue weighted by Crippen LogP contribution is 2.38.